The van der Waals surface area contributed by atoms with Gasteiger partial charge in [0, 0.05) is 12.5 Å². The third kappa shape index (κ3) is 4.11. The summed E-state index contributed by atoms with van der Waals surface area (Å²) in [6.45, 7) is 0. The topological polar surface area (TPSA) is 86.8 Å². The van der Waals surface area contributed by atoms with Gasteiger partial charge in [-0.25, -0.2) is 4.98 Å². The predicted octanol–water partition coefficient (Wildman–Crippen LogP) is 3.34. The highest BCUT2D eigenvalue weighted by Gasteiger charge is 2.22. The average Bonchev–Trinajstić information content (AvgIpc) is 3.09. The molecule has 0 saturated heterocycles. The van der Waals surface area contributed by atoms with Crippen molar-refractivity contribution in [2.75, 3.05) is 26.6 Å². The van der Waals surface area contributed by atoms with Crippen LogP contribution < -0.4 is 19.5 Å². The van der Waals surface area contributed by atoms with Gasteiger partial charge in [0.15, 0.2) is 22.4 Å². The number of Topliss-reactive ketones (excluding diaryl/α,β-unsaturated/α-hetero) is 1. The largest absolute Gasteiger partial charge is 0.493 e. The zero-order chi connectivity index (χ0) is 19.4. The van der Waals surface area contributed by atoms with Crippen LogP contribution in [0.4, 0.5) is 5.13 Å². The normalized spacial score (nSPS) is 13.4. The third-order valence-corrected chi connectivity index (χ3v) is 5.17. The molecule has 1 heterocycles. The van der Waals surface area contributed by atoms with Crippen molar-refractivity contribution in [2.45, 2.75) is 19.3 Å². The Labute approximate surface area is 161 Å². The van der Waals surface area contributed by atoms with Crippen LogP contribution in [0.3, 0.4) is 0 Å². The van der Waals surface area contributed by atoms with Crippen LogP contribution in [0.15, 0.2) is 18.2 Å². The maximum atomic E-state index is 12.2. The number of hydrogen-bond acceptors (Lipinski definition) is 7. The van der Waals surface area contributed by atoms with E-state index in [0.29, 0.717) is 39.2 Å². The van der Waals surface area contributed by atoms with Crippen molar-refractivity contribution in [3.8, 4) is 17.2 Å². The van der Waals surface area contributed by atoms with E-state index in [1.54, 1.807) is 18.2 Å². The van der Waals surface area contributed by atoms with E-state index >= 15 is 0 Å². The van der Waals surface area contributed by atoms with Crippen molar-refractivity contribution in [3.05, 3.63) is 34.3 Å². The van der Waals surface area contributed by atoms with Crippen LogP contribution in [-0.4, -0.2) is 38.0 Å². The van der Waals surface area contributed by atoms with Crippen molar-refractivity contribution >= 4 is 34.2 Å². The number of fused-ring (bicyclic) bond motifs is 1. The first-order valence-electron chi connectivity index (χ1n) is 8.37. The first kappa shape index (κ1) is 18.9. The van der Waals surface area contributed by atoms with Crippen molar-refractivity contribution in [3.63, 3.8) is 0 Å². The second-order valence-corrected chi connectivity index (χ2v) is 6.85. The predicted molar refractivity (Wildman–Crippen MR) is 103 cm³/mol. The van der Waals surface area contributed by atoms with E-state index in [9.17, 15) is 9.59 Å². The molecule has 7 nitrogen and oxygen atoms in total. The lowest BCUT2D eigenvalue weighted by Crippen LogP contribution is -2.08. The van der Waals surface area contributed by atoms with E-state index in [-0.39, 0.29) is 11.7 Å². The molecule has 1 aromatic carbocycles. The number of methoxy groups -OCH3 is 3. The molecule has 0 unspecified atom stereocenters. The minimum Gasteiger partial charge on any atom is -0.493 e. The number of rotatable bonds is 6. The summed E-state index contributed by atoms with van der Waals surface area (Å²) < 4.78 is 15.9. The fourth-order valence-corrected chi connectivity index (χ4v) is 3.82. The summed E-state index contributed by atoms with van der Waals surface area (Å²) in [7, 11) is 4.59. The van der Waals surface area contributed by atoms with Crippen LogP contribution in [0.1, 0.15) is 33.8 Å². The van der Waals surface area contributed by atoms with Gasteiger partial charge in [-0.15, -0.1) is 0 Å². The molecule has 1 aromatic heterocycles. The number of nitrogens with zero attached hydrogens (tertiary/aromatic N) is 1. The molecule has 0 saturated carbocycles. The van der Waals surface area contributed by atoms with Crippen molar-refractivity contribution in [1.82, 2.24) is 4.98 Å². The standard InChI is InChI=1S/C19H20N2O5S/c1-24-14-9-11(10-15(25-2)17(14)26-3)7-8-16(23)21-19-20-12-5-4-6-13(22)18(12)27-19/h7-10H,4-6H2,1-3H3,(H,20,21,23)/b8-7+. The molecule has 8 heteroatoms. The van der Waals surface area contributed by atoms with Gasteiger partial charge in [-0.05, 0) is 36.6 Å². The Morgan fingerprint density at radius 1 is 1.15 bits per heavy atom. The summed E-state index contributed by atoms with van der Waals surface area (Å²) in [4.78, 5) is 29.1. The summed E-state index contributed by atoms with van der Waals surface area (Å²) in [5.41, 5.74) is 1.49. The fourth-order valence-electron chi connectivity index (χ4n) is 2.84. The number of amides is 1. The zero-order valence-electron chi connectivity index (χ0n) is 15.3. The minimum absolute atomic E-state index is 0.0993. The van der Waals surface area contributed by atoms with E-state index in [1.165, 1.54) is 38.7 Å². The Hall–Kier alpha value is -2.87. The summed E-state index contributed by atoms with van der Waals surface area (Å²) >= 11 is 1.23. The van der Waals surface area contributed by atoms with Crippen molar-refractivity contribution in [1.29, 1.82) is 0 Å². The first-order valence-corrected chi connectivity index (χ1v) is 9.19. The van der Waals surface area contributed by atoms with E-state index < -0.39 is 0 Å². The fraction of sp³-hybridized carbons (Fsp3) is 0.316. The van der Waals surface area contributed by atoms with Gasteiger partial charge in [0.1, 0.15) is 0 Å². The van der Waals surface area contributed by atoms with Gasteiger partial charge in [0.05, 0.1) is 31.9 Å². The van der Waals surface area contributed by atoms with E-state index in [2.05, 4.69) is 10.3 Å². The average molecular weight is 388 g/mol. The van der Waals surface area contributed by atoms with Gasteiger partial charge in [0.25, 0.3) is 0 Å². The lowest BCUT2D eigenvalue weighted by atomic mass is 10.0. The van der Waals surface area contributed by atoms with E-state index in [4.69, 9.17) is 14.2 Å². The Morgan fingerprint density at radius 2 is 1.85 bits per heavy atom. The van der Waals surface area contributed by atoms with Gasteiger partial charge >= 0.3 is 0 Å². The molecular formula is C19H20N2O5S. The highest BCUT2D eigenvalue weighted by Crippen LogP contribution is 2.38. The smallest absolute Gasteiger partial charge is 0.250 e. The van der Waals surface area contributed by atoms with E-state index in [0.717, 1.165) is 18.5 Å². The number of hydrogen-bond donors (Lipinski definition) is 1. The summed E-state index contributed by atoms with van der Waals surface area (Å²) in [5, 5.41) is 3.15. The minimum atomic E-state index is -0.331. The molecule has 1 N–H and O–H groups in total. The molecule has 0 radical (unpaired) electrons. The monoisotopic (exact) mass is 388 g/mol. The van der Waals surface area contributed by atoms with Crippen LogP contribution in [0.2, 0.25) is 0 Å². The van der Waals surface area contributed by atoms with Gasteiger partial charge < -0.3 is 14.2 Å². The number of benzene rings is 1. The molecule has 1 aliphatic rings. The van der Waals surface area contributed by atoms with Crippen LogP contribution >= 0.6 is 11.3 Å². The highest BCUT2D eigenvalue weighted by atomic mass is 32.1. The molecule has 0 spiro atoms. The summed E-state index contributed by atoms with van der Waals surface area (Å²) in [6, 6.07) is 3.48. The second kappa shape index (κ2) is 8.22. The number of carbonyl (C=O) groups is 2. The molecule has 1 aliphatic carbocycles. The van der Waals surface area contributed by atoms with Crippen LogP contribution in [-0.2, 0) is 11.2 Å². The molecule has 27 heavy (non-hydrogen) atoms. The van der Waals surface area contributed by atoms with Gasteiger partial charge in [-0.3, -0.25) is 14.9 Å². The second-order valence-electron chi connectivity index (χ2n) is 5.85. The molecule has 1 amide bonds. The highest BCUT2D eigenvalue weighted by molar-refractivity contribution is 7.17. The molecule has 3 rings (SSSR count). The SMILES string of the molecule is COc1cc(/C=C/C(=O)Nc2nc3c(s2)C(=O)CCC3)cc(OC)c1OC. The van der Waals surface area contributed by atoms with Crippen LogP contribution in [0.25, 0.3) is 6.08 Å². The molecule has 0 atom stereocenters. The van der Waals surface area contributed by atoms with E-state index in [1.807, 2.05) is 0 Å². The third-order valence-electron chi connectivity index (χ3n) is 4.11. The van der Waals surface area contributed by atoms with Crippen molar-refractivity contribution < 1.29 is 23.8 Å². The van der Waals surface area contributed by atoms with Gasteiger partial charge in [-0.1, -0.05) is 11.3 Å². The number of ketones is 1. The first-order chi connectivity index (χ1) is 13.0. The molecule has 2 aromatic rings. The molecule has 0 fully saturated rings. The molecule has 0 bridgehead atoms. The number of anilines is 1. The Kier molecular flexibility index (Phi) is 5.75. The van der Waals surface area contributed by atoms with Crippen molar-refractivity contribution in [2.24, 2.45) is 0 Å². The quantitative estimate of drug-likeness (QED) is 0.764. The number of aromatic nitrogens is 1. The van der Waals surface area contributed by atoms with Crippen LogP contribution in [0.5, 0.6) is 17.2 Å². The number of thiazole rings is 1. The maximum Gasteiger partial charge on any atom is 0.250 e. The maximum absolute atomic E-state index is 12.2. The summed E-state index contributed by atoms with van der Waals surface area (Å²) in [6.07, 6.45) is 5.16. The van der Waals surface area contributed by atoms with Crippen LogP contribution in [0, 0.1) is 0 Å². The number of ether oxygens (including phenoxy) is 3. The Bertz CT molecular complexity index is 878. The molecule has 142 valence electrons. The Balaban J connectivity index is 1.74. The number of carbonyl (C=O) groups excluding carboxylic acids is 2. The number of nitrogens with one attached hydrogen (secondary N) is 1. The number of aryl methyl sites for hydroxylation is 1. The summed E-state index contributed by atoms with van der Waals surface area (Å²) in [5.74, 6) is 1.26. The van der Waals surface area contributed by atoms with Gasteiger partial charge in [-0.2, -0.15) is 0 Å². The molecule has 0 aliphatic heterocycles. The Morgan fingerprint density at radius 3 is 2.44 bits per heavy atom. The molecular weight excluding hydrogens is 368 g/mol. The van der Waals surface area contributed by atoms with Gasteiger partial charge in [0.2, 0.25) is 11.7 Å². The lowest BCUT2D eigenvalue weighted by Gasteiger charge is -2.12. The lowest BCUT2D eigenvalue weighted by molar-refractivity contribution is -0.111. The zero-order valence-corrected chi connectivity index (χ0v) is 16.1.